The number of aliphatic carboxylic acids is 1. The third-order valence-electron chi connectivity index (χ3n) is 2.53. The zero-order valence-corrected chi connectivity index (χ0v) is 9.55. The fourth-order valence-corrected chi connectivity index (χ4v) is 1.28. The number of carboxylic acid groups (broad SMARTS) is 1. The van der Waals surface area contributed by atoms with Gasteiger partial charge in [-0.15, -0.1) is 0 Å². The maximum Gasteiger partial charge on any atom is 0.315 e. The SMILES string of the molecule is CC(C)(C(=O)O)C(F)(F)c1ccc(Cl)cc1. The molecule has 1 rings (SSSR count). The van der Waals surface area contributed by atoms with Gasteiger partial charge in [0.2, 0.25) is 0 Å². The van der Waals surface area contributed by atoms with Gasteiger partial charge in [-0.25, -0.2) is 8.78 Å². The topological polar surface area (TPSA) is 37.3 Å². The van der Waals surface area contributed by atoms with Crippen LogP contribution >= 0.6 is 11.6 Å². The van der Waals surface area contributed by atoms with E-state index in [0.717, 1.165) is 26.0 Å². The second kappa shape index (κ2) is 4.01. The van der Waals surface area contributed by atoms with Gasteiger partial charge >= 0.3 is 5.97 Å². The Balaban J connectivity index is 3.20. The molecule has 1 aromatic carbocycles. The monoisotopic (exact) mass is 248 g/mol. The normalized spacial score (nSPS) is 12.6. The number of rotatable bonds is 3. The van der Waals surface area contributed by atoms with Gasteiger partial charge in [-0.3, -0.25) is 4.79 Å². The van der Waals surface area contributed by atoms with Gasteiger partial charge in [-0.05, 0) is 26.0 Å². The summed E-state index contributed by atoms with van der Waals surface area (Å²) in [5, 5.41) is 9.11. The molecule has 5 heteroatoms. The van der Waals surface area contributed by atoms with Gasteiger partial charge in [-0.1, -0.05) is 23.7 Å². The van der Waals surface area contributed by atoms with Crippen LogP contribution in [0.15, 0.2) is 24.3 Å². The fraction of sp³-hybridized carbons (Fsp3) is 0.364. The largest absolute Gasteiger partial charge is 0.481 e. The highest BCUT2D eigenvalue weighted by Gasteiger charge is 2.53. The van der Waals surface area contributed by atoms with Crippen molar-refractivity contribution < 1.29 is 18.7 Å². The summed E-state index contributed by atoms with van der Waals surface area (Å²) < 4.78 is 27.8. The summed E-state index contributed by atoms with van der Waals surface area (Å²) in [6, 6.07) is 4.88. The van der Waals surface area contributed by atoms with Crippen molar-refractivity contribution in [3.8, 4) is 0 Å². The van der Waals surface area contributed by atoms with E-state index in [0.29, 0.717) is 5.02 Å². The van der Waals surface area contributed by atoms with Crippen molar-refractivity contribution in [1.82, 2.24) is 0 Å². The lowest BCUT2D eigenvalue weighted by Gasteiger charge is -2.30. The second-order valence-electron chi connectivity index (χ2n) is 4.01. The van der Waals surface area contributed by atoms with E-state index < -0.39 is 17.3 Å². The highest BCUT2D eigenvalue weighted by molar-refractivity contribution is 6.30. The minimum absolute atomic E-state index is 0.327. The van der Waals surface area contributed by atoms with Crippen LogP contribution in [0.2, 0.25) is 5.02 Å². The van der Waals surface area contributed by atoms with E-state index in [2.05, 4.69) is 0 Å². The van der Waals surface area contributed by atoms with Crippen molar-refractivity contribution in [2.75, 3.05) is 0 Å². The minimum atomic E-state index is -3.45. The molecular weight excluding hydrogens is 238 g/mol. The molecule has 0 fully saturated rings. The van der Waals surface area contributed by atoms with E-state index in [9.17, 15) is 13.6 Å². The summed E-state index contributed by atoms with van der Waals surface area (Å²) in [7, 11) is 0. The number of benzene rings is 1. The van der Waals surface area contributed by atoms with Gasteiger partial charge < -0.3 is 5.11 Å². The van der Waals surface area contributed by atoms with E-state index in [4.69, 9.17) is 16.7 Å². The molecule has 0 heterocycles. The Morgan fingerprint density at radius 1 is 1.25 bits per heavy atom. The second-order valence-corrected chi connectivity index (χ2v) is 4.45. The number of halogens is 3. The van der Waals surface area contributed by atoms with Crippen LogP contribution in [0.25, 0.3) is 0 Å². The molecular formula is C11H11ClF2O2. The number of carbonyl (C=O) groups is 1. The molecule has 0 atom stereocenters. The van der Waals surface area contributed by atoms with Crippen LogP contribution in [0.5, 0.6) is 0 Å². The first-order valence-electron chi connectivity index (χ1n) is 4.57. The number of hydrogen-bond donors (Lipinski definition) is 1. The molecule has 0 amide bonds. The number of carboxylic acids is 1. The Labute approximate surface area is 96.8 Å². The highest BCUT2D eigenvalue weighted by Crippen LogP contribution is 2.45. The zero-order valence-electron chi connectivity index (χ0n) is 8.80. The quantitative estimate of drug-likeness (QED) is 0.888. The average Bonchev–Trinajstić information content (AvgIpc) is 2.17. The van der Waals surface area contributed by atoms with Crippen molar-refractivity contribution in [3.05, 3.63) is 34.9 Å². The Morgan fingerprint density at radius 3 is 2.06 bits per heavy atom. The van der Waals surface area contributed by atoms with E-state index in [-0.39, 0.29) is 5.56 Å². The molecule has 0 bridgehead atoms. The summed E-state index contributed by atoms with van der Waals surface area (Å²) in [5.41, 5.74) is -2.52. The lowest BCUT2D eigenvalue weighted by molar-refractivity contribution is -0.175. The molecule has 0 aliphatic rings. The molecule has 0 spiro atoms. The smallest absolute Gasteiger partial charge is 0.315 e. The van der Waals surface area contributed by atoms with Gasteiger partial charge in [0.25, 0.3) is 5.92 Å². The van der Waals surface area contributed by atoms with Gasteiger partial charge in [0.1, 0.15) is 5.41 Å². The molecule has 1 N–H and O–H groups in total. The van der Waals surface area contributed by atoms with Crippen LogP contribution in [0.4, 0.5) is 8.78 Å². The van der Waals surface area contributed by atoms with E-state index in [1.165, 1.54) is 12.1 Å². The van der Waals surface area contributed by atoms with E-state index in [1.807, 2.05) is 0 Å². The molecule has 0 radical (unpaired) electrons. The van der Waals surface area contributed by atoms with Gasteiger partial charge in [0, 0.05) is 10.6 Å². The molecule has 0 aliphatic heterocycles. The first-order chi connectivity index (χ1) is 7.19. The Morgan fingerprint density at radius 2 is 1.69 bits per heavy atom. The predicted molar refractivity (Wildman–Crippen MR) is 56.8 cm³/mol. The van der Waals surface area contributed by atoms with Crippen LogP contribution in [-0.2, 0) is 10.7 Å². The molecule has 2 nitrogen and oxygen atoms in total. The van der Waals surface area contributed by atoms with Crippen molar-refractivity contribution >= 4 is 17.6 Å². The summed E-state index contributed by atoms with van der Waals surface area (Å²) in [6.45, 7) is 1.98. The molecule has 0 unspecified atom stereocenters. The lowest BCUT2D eigenvalue weighted by atomic mass is 9.81. The molecule has 88 valence electrons. The summed E-state index contributed by atoms with van der Waals surface area (Å²) in [6.07, 6.45) is 0. The molecule has 1 aromatic rings. The van der Waals surface area contributed by atoms with Gasteiger partial charge in [0.15, 0.2) is 0 Å². The fourth-order valence-electron chi connectivity index (χ4n) is 1.15. The maximum absolute atomic E-state index is 13.9. The minimum Gasteiger partial charge on any atom is -0.481 e. The zero-order chi connectivity index (χ0) is 12.6. The number of hydrogen-bond acceptors (Lipinski definition) is 1. The van der Waals surface area contributed by atoms with Crippen LogP contribution in [0.1, 0.15) is 19.4 Å². The van der Waals surface area contributed by atoms with Crippen molar-refractivity contribution in [1.29, 1.82) is 0 Å². The third kappa shape index (κ3) is 2.02. The van der Waals surface area contributed by atoms with Crippen molar-refractivity contribution in [2.45, 2.75) is 19.8 Å². The maximum atomic E-state index is 13.9. The molecule has 0 saturated heterocycles. The Kier molecular flexibility index (Phi) is 3.24. The van der Waals surface area contributed by atoms with Gasteiger partial charge in [-0.2, -0.15) is 0 Å². The first-order valence-corrected chi connectivity index (χ1v) is 4.94. The molecule has 0 saturated carbocycles. The van der Waals surface area contributed by atoms with Crippen LogP contribution < -0.4 is 0 Å². The summed E-state index contributed by atoms with van der Waals surface area (Å²) in [4.78, 5) is 10.8. The van der Waals surface area contributed by atoms with Crippen LogP contribution in [0, 0.1) is 5.41 Å². The average molecular weight is 249 g/mol. The Hall–Kier alpha value is -1.16. The molecule has 16 heavy (non-hydrogen) atoms. The predicted octanol–water partition coefficient (Wildman–Crippen LogP) is 3.54. The Bertz CT molecular complexity index is 399. The van der Waals surface area contributed by atoms with Crippen molar-refractivity contribution in [3.63, 3.8) is 0 Å². The van der Waals surface area contributed by atoms with Crippen molar-refractivity contribution in [2.24, 2.45) is 5.41 Å². The summed E-state index contributed by atoms with van der Waals surface area (Å²) >= 11 is 5.58. The van der Waals surface area contributed by atoms with Crippen LogP contribution in [-0.4, -0.2) is 11.1 Å². The third-order valence-corrected chi connectivity index (χ3v) is 2.78. The van der Waals surface area contributed by atoms with E-state index >= 15 is 0 Å². The van der Waals surface area contributed by atoms with Crippen LogP contribution in [0.3, 0.4) is 0 Å². The van der Waals surface area contributed by atoms with E-state index in [1.54, 1.807) is 0 Å². The summed E-state index contributed by atoms with van der Waals surface area (Å²) in [5.74, 6) is -5.00. The molecule has 0 aliphatic carbocycles. The highest BCUT2D eigenvalue weighted by atomic mass is 35.5. The number of alkyl halides is 2. The standard InChI is InChI=1S/C11H11ClF2O2/c1-10(2,9(15)16)11(13,14)7-3-5-8(12)6-4-7/h3-6H,1-2H3,(H,15,16). The molecule has 0 aromatic heterocycles. The van der Waals surface area contributed by atoms with Gasteiger partial charge in [0.05, 0.1) is 0 Å². The lowest BCUT2D eigenvalue weighted by Crippen LogP contribution is -2.40. The first kappa shape index (κ1) is 12.9.